The Labute approximate surface area is 179 Å². The van der Waals surface area contributed by atoms with Crippen LogP contribution in [-0.2, 0) is 10.0 Å². The Hall–Kier alpha value is -2.04. The molecule has 0 fully saturated rings. The molecule has 28 heavy (non-hydrogen) atoms. The molecule has 0 saturated heterocycles. The fourth-order valence-corrected chi connectivity index (χ4v) is 5.51. The number of allylic oxidation sites excluding steroid dienone is 2. The molecular weight excluding hydrogens is 513 g/mol. The summed E-state index contributed by atoms with van der Waals surface area (Å²) in [5.41, 5.74) is 2.81. The summed E-state index contributed by atoms with van der Waals surface area (Å²) in [6.07, 6.45) is 1.80. The molecule has 0 unspecified atom stereocenters. The van der Waals surface area contributed by atoms with Crippen LogP contribution in [0.3, 0.4) is 0 Å². The standard InChI is InChI=1S/C19H18ClIN3O3S/c1-13-3-9-17(10-4-13)28(26,27)23-19(25)22-18-11-14(2)12-21-24(18)16-7-5-15(20)6-8-16/h3-12H,1-2H3,(H2,22,23,25)/q-1. The van der Waals surface area contributed by atoms with Crippen molar-refractivity contribution in [3.8, 4) is 0 Å². The van der Waals surface area contributed by atoms with Crippen LogP contribution in [0.4, 0.5) is 10.5 Å². The second kappa shape index (κ2) is 8.54. The predicted octanol–water partition coefficient (Wildman–Crippen LogP) is 0.906. The summed E-state index contributed by atoms with van der Waals surface area (Å²) < 4.78 is 31.0. The molecule has 148 valence electrons. The number of sulfonamides is 1. The Morgan fingerprint density at radius 1 is 1.04 bits per heavy atom. The zero-order valence-electron chi connectivity index (χ0n) is 15.1. The number of halogens is 2. The summed E-state index contributed by atoms with van der Waals surface area (Å²) in [4.78, 5) is 12.4. The van der Waals surface area contributed by atoms with Crippen LogP contribution in [0, 0.1) is 6.92 Å². The van der Waals surface area contributed by atoms with Crippen LogP contribution in [0.15, 0.2) is 75.0 Å². The van der Waals surface area contributed by atoms with Gasteiger partial charge in [-0.3, -0.25) is 0 Å². The first-order valence-corrected chi connectivity index (χ1v) is 12.3. The molecule has 1 heterocycles. The van der Waals surface area contributed by atoms with Gasteiger partial charge in [-0.25, -0.2) is 0 Å². The van der Waals surface area contributed by atoms with Gasteiger partial charge in [-0.05, 0) is 0 Å². The van der Waals surface area contributed by atoms with E-state index in [0.29, 0.717) is 10.8 Å². The summed E-state index contributed by atoms with van der Waals surface area (Å²) in [5.74, 6) is 0.520. The molecule has 3 rings (SSSR count). The number of carbonyl (C=O) groups is 1. The van der Waals surface area contributed by atoms with Crippen molar-refractivity contribution in [3.63, 3.8) is 0 Å². The molecule has 6 nitrogen and oxygen atoms in total. The van der Waals surface area contributed by atoms with Crippen molar-refractivity contribution < 1.29 is 34.7 Å². The number of benzene rings is 2. The number of nitrogens with one attached hydrogen (secondary N) is 2. The third-order valence-corrected chi connectivity index (χ3v) is 8.24. The van der Waals surface area contributed by atoms with Crippen LogP contribution >= 0.6 is 11.6 Å². The zero-order valence-corrected chi connectivity index (χ0v) is 18.8. The number of rotatable bonds is 4. The average Bonchev–Trinajstić information content (AvgIpc) is 2.63. The van der Waals surface area contributed by atoms with E-state index in [1.807, 2.05) is 29.1 Å². The number of amides is 2. The van der Waals surface area contributed by atoms with Crippen molar-refractivity contribution in [1.82, 2.24) is 10.0 Å². The molecule has 0 aromatic heterocycles. The van der Waals surface area contributed by atoms with E-state index in [-0.39, 0.29) is 4.90 Å². The first kappa shape index (κ1) is 20.7. The molecule has 0 atom stereocenters. The van der Waals surface area contributed by atoms with Gasteiger partial charge in [0, 0.05) is 0 Å². The van der Waals surface area contributed by atoms with Crippen molar-refractivity contribution in [3.05, 3.63) is 80.7 Å². The minimum atomic E-state index is -3.96. The van der Waals surface area contributed by atoms with Gasteiger partial charge >= 0.3 is 181 Å². The van der Waals surface area contributed by atoms with E-state index in [1.165, 1.54) is 12.1 Å². The minimum absolute atomic E-state index is 0.0314. The molecule has 9 heteroatoms. The van der Waals surface area contributed by atoms with Crippen LogP contribution in [-0.4, -0.2) is 14.4 Å². The maximum atomic E-state index is 12.4. The molecule has 2 amide bonds. The van der Waals surface area contributed by atoms with Crippen LogP contribution < -0.4 is 34.6 Å². The molecule has 0 radical (unpaired) electrons. The second-order valence-corrected chi connectivity index (χ2v) is 10.4. The van der Waals surface area contributed by atoms with Gasteiger partial charge in [0.2, 0.25) is 0 Å². The van der Waals surface area contributed by atoms with Crippen molar-refractivity contribution in [2.45, 2.75) is 18.7 Å². The number of hydrogen-bond acceptors (Lipinski definition) is 4. The quantitative estimate of drug-likeness (QED) is 0.455. The number of anilines is 1. The molecule has 1 aliphatic rings. The van der Waals surface area contributed by atoms with Crippen LogP contribution in [0.1, 0.15) is 12.5 Å². The first-order valence-electron chi connectivity index (χ1n) is 8.23. The van der Waals surface area contributed by atoms with Gasteiger partial charge < -0.3 is 0 Å². The van der Waals surface area contributed by atoms with Gasteiger partial charge in [-0.1, -0.05) is 0 Å². The summed E-state index contributed by atoms with van der Waals surface area (Å²) in [7, 11) is -3.96. The van der Waals surface area contributed by atoms with Gasteiger partial charge in [0.05, 0.1) is 0 Å². The van der Waals surface area contributed by atoms with Gasteiger partial charge in [0.15, 0.2) is 0 Å². The molecule has 2 N–H and O–H groups in total. The third-order valence-electron chi connectivity index (χ3n) is 3.75. The van der Waals surface area contributed by atoms with Crippen molar-refractivity contribution >= 4 is 33.3 Å². The van der Waals surface area contributed by atoms with Crippen LogP contribution in [0.2, 0.25) is 5.02 Å². The Morgan fingerprint density at radius 3 is 2.32 bits per heavy atom. The van der Waals surface area contributed by atoms with E-state index >= 15 is 0 Å². The normalized spacial score (nSPS) is 14.5. The maximum absolute atomic E-state index is 12.4. The number of aryl methyl sites for hydroxylation is 1. The average molecular weight is 531 g/mol. The Bertz CT molecular complexity index is 1050. The number of urea groups is 1. The van der Waals surface area contributed by atoms with E-state index in [4.69, 9.17) is 11.6 Å². The SMILES string of the molecule is CC1=C[I-]N(c2ccc(Cl)cc2)C(NC(=O)NS(=O)(=O)c2ccc(C)cc2)=C1. The fourth-order valence-electron chi connectivity index (χ4n) is 2.37. The van der Waals surface area contributed by atoms with Crippen LogP contribution in [0.25, 0.3) is 0 Å². The molecule has 1 aliphatic heterocycles. The molecule has 2 aromatic carbocycles. The van der Waals surface area contributed by atoms with E-state index < -0.39 is 37.5 Å². The Morgan fingerprint density at radius 2 is 1.68 bits per heavy atom. The predicted molar refractivity (Wildman–Crippen MR) is 106 cm³/mol. The zero-order chi connectivity index (χ0) is 20.3. The number of nitrogens with zero attached hydrogens (tertiary/aromatic N) is 1. The van der Waals surface area contributed by atoms with Gasteiger partial charge in [0.25, 0.3) is 0 Å². The monoisotopic (exact) mass is 530 g/mol. The summed E-state index contributed by atoms with van der Waals surface area (Å²) in [6, 6.07) is 12.7. The summed E-state index contributed by atoms with van der Waals surface area (Å²) in [5, 5.41) is 3.28. The molecule has 0 spiro atoms. The van der Waals surface area contributed by atoms with Crippen molar-refractivity contribution in [2.75, 3.05) is 3.11 Å². The van der Waals surface area contributed by atoms with E-state index in [1.54, 1.807) is 30.3 Å². The first-order chi connectivity index (χ1) is 13.2. The third kappa shape index (κ3) is 5.06. The summed E-state index contributed by atoms with van der Waals surface area (Å²) >= 11 is 5.39. The van der Waals surface area contributed by atoms with E-state index in [2.05, 4.69) is 14.1 Å². The van der Waals surface area contributed by atoms with E-state index in [9.17, 15) is 13.2 Å². The fraction of sp³-hybridized carbons (Fsp3) is 0.105. The molecule has 0 aliphatic carbocycles. The number of hydrogen-bond donors (Lipinski definition) is 2. The van der Waals surface area contributed by atoms with Crippen molar-refractivity contribution in [2.24, 2.45) is 0 Å². The van der Waals surface area contributed by atoms with Gasteiger partial charge in [-0.2, -0.15) is 0 Å². The molecule has 2 aromatic rings. The van der Waals surface area contributed by atoms with E-state index in [0.717, 1.165) is 16.8 Å². The molecule has 0 bridgehead atoms. The molecule has 0 saturated carbocycles. The molecular formula is C19H18ClIN3O3S-. The van der Waals surface area contributed by atoms with Crippen molar-refractivity contribution in [1.29, 1.82) is 0 Å². The topological polar surface area (TPSA) is 78.5 Å². The summed E-state index contributed by atoms with van der Waals surface area (Å²) in [6.45, 7) is 3.79. The Balaban J connectivity index is 1.77. The number of carbonyl (C=O) groups excluding carboxylic acids is 1. The van der Waals surface area contributed by atoms with Crippen LogP contribution in [0.5, 0.6) is 0 Å². The Kier molecular flexibility index (Phi) is 6.31. The second-order valence-electron chi connectivity index (χ2n) is 6.11. The van der Waals surface area contributed by atoms with Gasteiger partial charge in [-0.15, -0.1) is 0 Å². The van der Waals surface area contributed by atoms with Gasteiger partial charge in [0.1, 0.15) is 0 Å².